The van der Waals surface area contributed by atoms with Crippen molar-refractivity contribution < 1.29 is 18.3 Å². The first kappa shape index (κ1) is 13.2. The monoisotopic (exact) mass is 262 g/mol. The third-order valence-electron chi connectivity index (χ3n) is 2.63. The number of ketones is 1. The molecule has 0 saturated heterocycles. The van der Waals surface area contributed by atoms with Gasteiger partial charge < -0.3 is 4.74 Å². The van der Waals surface area contributed by atoms with E-state index in [1.807, 2.05) is 6.92 Å². The Labute approximate surface area is 109 Å². The maximum Gasteiger partial charge on any atom is 0.174 e. The van der Waals surface area contributed by atoms with Crippen LogP contribution in [0.2, 0.25) is 0 Å². The predicted octanol–water partition coefficient (Wildman–Crippen LogP) is 4.27. The normalized spacial score (nSPS) is 10.3. The Morgan fingerprint density at radius 1 is 1.11 bits per heavy atom. The number of hydrogen-bond acceptors (Lipinski definition) is 2. The van der Waals surface area contributed by atoms with Crippen molar-refractivity contribution >= 4 is 5.78 Å². The molecule has 2 aromatic rings. The van der Waals surface area contributed by atoms with E-state index in [9.17, 15) is 13.6 Å². The van der Waals surface area contributed by atoms with Gasteiger partial charge in [-0.3, -0.25) is 4.79 Å². The number of rotatable bonds is 3. The van der Waals surface area contributed by atoms with Crippen molar-refractivity contribution in [2.45, 2.75) is 13.8 Å². The van der Waals surface area contributed by atoms with E-state index in [-0.39, 0.29) is 11.3 Å². The van der Waals surface area contributed by atoms with Crippen molar-refractivity contribution in [3.8, 4) is 11.5 Å². The third kappa shape index (κ3) is 2.96. The standard InChI is InChI=1S/C15H12F2O2/c1-9-3-5-12(6-4-9)19-15-13(10(2)18)7-11(16)8-14(15)17/h3-8H,1-2H3. The third-order valence-corrected chi connectivity index (χ3v) is 2.63. The van der Waals surface area contributed by atoms with Crippen LogP contribution < -0.4 is 4.74 Å². The summed E-state index contributed by atoms with van der Waals surface area (Å²) >= 11 is 0. The van der Waals surface area contributed by atoms with Crippen molar-refractivity contribution in [3.63, 3.8) is 0 Å². The van der Waals surface area contributed by atoms with Gasteiger partial charge in [-0.25, -0.2) is 8.78 Å². The summed E-state index contributed by atoms with van der Waals surface area (Å²) in [7, 11) is 0. The first-order valence-corrected chi connectivity index (χ1v) is 5.72. The van der Waals surface area contributed by atoms with Gasteiger partial charge in [-0.05, 0) is 32.0 Å². The molecular weight excluding hydrogens is 250 g/mol. The number of carbonyl (C=O) groups excluding carboxylic acids is 1. The Kier molecular flexibility index (Phi) is 3.60. The van der Waals surface area contributed by atoms with E-state index in [0.29, 0.717) is 11.8 Å². The molecule has 0 aromatic heterocycles. The molecule has 0 unspecified atom stereocenters. The molecule has 2 rings (SSSR count). The highest BCUT2D eigenvalue weighted by molar-refractivity contribution is 5.97. The van der Waals surface area contributed by atoms with Crippen molar-refractivity contribution in [1.82, 2.24) is 0 Å². The molecule has 0 fully saturated rings. The smallest absolute Gasteiger partial charge is 0.174 e. The second-order valence-corrected chi connectivity index (χ2v) is 4.24. The molecule has 0 bridgehead atoms. The summed E-state index contributed by atoms with van der Waals surface area (Å²) in [6, 6.07) is 8.56. The highest BCUT2D eigenvalue weighted by Crippen LogP contribution is 2.30. The maximum atomic E-state index is 13.7. The lowest BCUT2D eigenvalue weighted by Gasteiger charge is -2.11. The Morgan fingerprint density at radius 2 is 1.74 bits per heavy atom. The Hall–Kier alpha value is -2.23. The minimum Gasteiger partial charge on any atom is -0.454 e. The van der Waals surface area contributed by atoms with E-state index < -0.39 is 17.4 Å². The van der Waals surface area contributed by atoms with Gasteiger partial charge in [0.15, 0.2) is 17.3 Å². The average molecular weight is 262 g/mol. The fourth-order valence-electron chi connectivity index (χ4n) is 1.65. The number of carbonyl (C=O) groups is 1. The van der Waals surface area contributed by atoms with Crippen LogP contribution in [0, 0.1) is 18.6 Å². The zero-order valence-corrected chi connectivity index (χ0v) is 10.5. The molecule has 0 saturated carbocycles. The molecule has 19 heavy (non-hydrogen) atoms. The van der Waals surface area contributed by atoms with Crippen molar-refractivity contribution in [2.24, 2.45) is 0 Å². The van der Waals surface area contributed by atoms with Gasteiger partial charge >= 0.3 is 0 Å². The van der Waals surface area contributed by atoms with Crippen molar-refractivity contribution in [2.75, 3.05) is 0 Å². The van der Waals surface area contributed by atoms with Crippen molar-refractivity contribution in [3.05, 3.63) is 59.2 Å². The van der Waals surface area contributed by atoms with Gasteiger partial charge in [0.2, 0.25) is 0 Å². The van der Waals surface area contributed by atoms with Crippen molar-refractivity contribution in [1.29, 1.82) is 0 Å². The highest BCUT2D eigenvalue weighted by atomic mass is 19.1. The number of Topliss-reactive ketones (excluding diaryl/α,β-unsaturated/α-hetero) is 1. The molecule has 0 aliphatic carbocycles. The first-order valence-electron chi connectivity index (χ1n) is 5.72. The van der Waals surface area contributed by atoms with E-state index in [1.54, 1.807) is 24.3 Å². The largest absolute Gasteiger partial charge is 0.454 e. The second-order valence-electron chi connectivity index (χ2n) is 4.24. The molecule has 0 amide bonds. The second kappa shape index (κ2) is 5.18. The van der Waals surface area contributed by atoms with Gasteiger partial charge in [0, 0.05) is 6.07 Å². The van der Waals surface area contributed by atoms with Crippen LogP contribution in [0.4, 0.5) is 8.78 Å². The molecule has 0 heterocycles. The number of halogens is 2. The highest BCUT2D eigenvalue weighted by Gasteiger charge is 2.16. The zero-order chi connectivity index (χ0) is 14.0. The summed E-state index contributed by atoms with van der Waals surface area (Å²) in [4.78, 5) is 11.4. The van der Waals surface area contributed by atoms with Crippen LogP contribution in [-0.2, 0) is 0 Å². The van der Waals surface area contributed by atoms with E-state index in [4.69, 9.17) is 4.74 Å². The predicted molar refractivity (Wildman–Crippen MR) is 67.6 cm³/mol. The fraction of sp³-hybridized carbons (Fsp3) is 0.133. The maximum absolute atomic E-state index is 13.7. The van der Waals surface area contributed by atoms with Crippen LogP contribution in [0.1, 0.15) is 22.8 Å². The van der Waals surface area contributed by atoms with Crippen LogP contribution in [0.5, 0.6) is 11.5 Å². The van der Waals surface area contributed by atoms with Crippen LogP contribution in [-0.4, -0.2) is 5.78 Å². The lowest BCUT2D eigenvalue weighted by atomic mass is 10.1. The van der Waals surface area contributed by atoms with E-state index >= 15 is 0 Å². The van der Waals surface area contributed by atoms with E-state index in [1.165, 1.54) is 6.92 Å². The van der Waals surface area contributed by atoms with Gasteiger partial charge in [0.1, 0.15) is 11.6 Å². The van der Waals surface area contributed by atoms with Gasteiger partial charge in [0.05, 0.1) is 5.56 Å². The molecule has 98 valence electrons. The molecular formula is C15H12F2O2. The summed E-state index contributed by atoms with van der Waals surface area (Å²) in [5.74, 6) is -2.03. The summed E-state index contributed by atoms with van der Waals surface area (Å²) in [5, 5.41) is 0. The fourth-order valence-corrected chi connectivity index (χ4v) is 1.65. The van der Waals surface area contributed by atoms with Gasteiger partial charge in [0.25, 0.3) is 0 Å². The van der Waals surface area contributed by atoms with Gasteiger partial charge in [-0.2, -0.15) is 0 Å². The number of aryl methyl sites for hydroxylation is 1. The lowest BCUT2D eigenvalue weighted by Crippen LogP contribution is -2.01. The van der Waals surface area contributed by atoms with Crippen LogP contribution in [0.25, 0.3) is 0 Å². The molecule has 0 aliphatic rings. The first-order chi connectivity index (χ1) is 8.97. The minimum atomic E-state index is -0.897. The summed E-state index contributed by atoms with van der Waals surface area (Å²) in [6.07, 6.45) is 0. The molecule has 0 atom stereocenters. The van der Waals surface area contributed by atoms with E-state index in [0.717, 1.165) is 11.6 Å². The number of benzene rings is 2. The molecule has 0 aliphatic heterocycles. The Balaban J connectivity index is 2.44. The summed E-state index contributed by atoms with van der Waals surface area (Å²) < 4.78 is 32.2. The van der Waals surface area contributed by atoms with E-state index in [2.05, 4.69) is 0 Å². The van der Waals surface area contributed by atoms with Gasteiger partial charge in [-0.1, -0.05) is 17.7 Å². The molecule has 4 heteroatoms. The molecule has 0 spiro atoms. The quantitative estimate of drug-likeness (QED) is 0.772. The lowest BCUT2D eigenvalue weighted by molar-refractivity contribution is 0.101. The van der Waals surface area contributed by atoms with Crippen LogP contribution in [0.15, 0.2) is 36.4 Å². The molecule has 0 radical (unpaired) electrons. The molecule has 0 N–H and O–H groups in total. The average Bonchev–Trinajstić information content (AvgIpc) is 2.34. The SMILES string of the molecule is CC(=O)c1cc(F)cc(F)c1Oc1ccc(C)cc1. The summed E-state index contributed by atoms with van der Waals surface area (Å²) in [5.41, 5.74) is 0.914. The topological polar surface area (TPSA) is 26.3 Å². The zero-order valence-electron chi connectivity index (χ0n) is 10.5. The number of ether oxygens (including phenoxy) is 1. The molecule has 2 aromatic carbocycles. The molecule has 2 nitrogen and oxygen atoms in total. The van der Waals surface area contributed by atoms with Crippen LogP contribution in [0.3, 0.4) is 0 Å². The minimum absolute atomic E-state index is 0.113. The van der Waals surface area contributed by atoms with Crippen LogP contribution >= 0.6 is 0 Å². The summed E-state index contributed by atoms with van der Waals surface area (Å²) in [6.45, 7) is 3.14. The Bertz CT molecular complexity index is 619. The number of hydrogen-bond donors (Lipinski definition) is 0. The van der Waals surface area contributed by atoms with Gasteiger partial charge in [-0.15, -0.1) is 0 Å². The Morgan fingerprint density at radius 3 is 2.32 bits per heavy atom.